The molecule has 0 aliphatic carbocycles. The van der Waals surface area contributed by atoms with Crippen LogP contribution in [0.25, 0.3) is 0 Å². The Bertz CT molecular complexity index is 469. The van der Waals surface area contributed by atoms with E-state index in [2.05, 4.69) is 5.32 Å². The van der Waals surface area contributed by atoms with Crippen LogP contribution in [-0.4, -0.2) is 45.7 Å². The van der Waals surface area contributed by atoms with Crippen molar-refractivity contribution in [2.75, 3.05) is 33.0 Å². The Balaban J connectivity index is 2.34. The van der Waals surface area contributed by atoms with Gasteiger partial charge in [-0.2, -0.15) is 0 Å². The third kappa shape index (κ3) is 5.59. The minimum Gasteiger partial charge on any atom is -0.494 e. The van der Waals surface area contributed by atoms with Gasteiger partial charge in [0.05, 0.1) is 12.4 Å². The Kier molecular flexibility index (Phi) is 6.27. The van der Waals surface area contributed by atoms with Crippen molar-refractivity contribution in [2.45, 2.75) is 13.5 Å². The second kappa shape index (κ2) is 7.47. The van der Waals surface area contributed by atoms with Crippen LogP contribution in [0.4, 0.5) is 0 Å². The highest BCUT2D eigenvalue weighted by Crippen LogP contribution is 2.11. The summed E-state index contributed by atoms with van der Waals surface area (Å²) in [6.07, 6.45) is 0. The van der Waals surface area contributed by atoms with Gasteiger partial charge in [0, 0.05) is 27.2 Å². The highest BCUT2D eigenvalue weighted by Gasteiger charge is 2.12. The van der Waals surface area contributed by atoms with Crippen molar-refractivity contribution >= 4 is 10.0 Å². The first kappa shape index (κ1) is 15.9. The fraction of sp³-hybridized carbons (Fsp3) is 0.538. The van der Waals surface area contributed by atoms with Gasteiger partial charge >= 0.3 is 0 Å². The first-order valence-electron chi connectivity index (χ1n) is 6.28. The molecule has 108 valence electrons. The van der Waals surface area contributed by atoms with E-state index in [1.165, 1.54) is 4.31 Å². The molecular formula is C13H22N2O3S. The van der Waals surface area contributed by atoms with E-state index in [-0.39, 0.29) is 5.75 Å². The SMILES string of the molecule is CCOc1ccc(CNCCS(=O)(=O)N(C)C)cc1. The lowest BCUT2D eigenvalue weighted by Gasteiger charge is -2.11. The fourth-order valence-electron chi connectivity index (χ4n) is 1.49. The van der Waals surface area contributed by atoms with Crippen molar-refractivity contribution < 1.29 is 13.2 Å². The van der Waals surface area contributed by atoms with Gasteiger partial charge in [-0.1, -0.05) is 12.1 Å². The topological polar surface area (TPSA) is 58.6 Å². The molecule has 6 heteroatoms. The molecule has 1 rings (SSSR count). The molecule has 19 heavy (non-hydrogen) atoms. The standard InChI is InChI=1S/C13H22N2O3S/c1-4-18-13-7-5-12(6-8-13)11-14-9-10-19(16,17)15(2)3/h5-8,14H,4,9-11H2,1-3H3. The van der Waals surface area contributed by atoms with Crippen molar-refractivity contribution in [1.82, 2.24) is 9.62 Å². The molecule has 0 amide bonds. The monoisotopic (exact) mass is 286 g/mol. The molecule has 0 unspecified atom stereocenters. The molecule has 0 radical (unpaired) electrons. The second-order valence-electron chi connectivity index (χ2n) is 4.35. The van der Waals surface area contributed by atoms with Gasteiger partial charge in [0.2, 0.25) is 10.0 Å². The van der Waals surface area contributed by atoms with Crippen molar-refractivity contribution in [3.8, 4) is 5.75 Å². The van der Waals surface area contributed by atoms with Gasteiger partial charge in [-0.05, 0) is 24.6 Å². The van der Waals surface area contributed by atoms with Crippen molar-refractivity contribution in [2.24, 2.45) is 0 Å². The molecule has 0 saturated heterocycles. The van der Waals surface area contributed by atoms with E-state index in [4.69, 9.17) is 4.74 Å². The third-order valence-corrected chi connectivity index (χ3v) is 4.49. The maximum atomic E-state index is 11.5. The van der Waals surface area contributed by atoms with Crippen LogP contribution >= 0.6 is 0 Å². The van der Waals surface area contributed by atoms with Crippen LogP contribution in [0.5, 0.6) is 5.75 Å². The quantitative estimate of drug-likeness (QED) is 0.726. The van der Waals surface area contributed by atoms with E-state index < -0.39 is 10.0 Å². The lowest BCUT2D eigenvalue weighted by atomic mass is 10.2. The van der Waals surface area contributed by atoms with E-state index in [0.29, 0.717) is 19.7 Å². The van der Waals surface area contributed by atoms with Gasteiger partial charge < -0.3 is 10.1 Å². The molecule has 0 atom stereocenters. The summed E-state index contributed by atoms with van der Waals surface area (Å²) in [6, 6.07) is 7.77. The van der Waals surface area contributed by atoms with Gasteiger partial charge in [0.25, 0.3) is 0 Å². The number of ether oxygens (including phenoxy) is 1. The van der Waals surface area contributed by atoms with Crippen molar-refractivity contribution in [3.05, 3.63) is 29.8 Å². The third-order valence-electron chi connectivity index (χ3n) is 2.66. The van der Waals surface area contributed by atoms with Crippen molar-refractivity contribution in [1.29, 1.82) is 0 Å². The van der Waals surface area contributed by atoms with Crippen molar-refractivity contribution in [3.63, 3.8) is 0 Å². The molecule has 5 nitrogen and oxygen atoms in total. The summed E-state index contributed by atoms with van der Waals surface area (Å²) >= 11 is 0. The summed E-state index contributed by atoms with van der Waals surface area (Å²) in [5, 5.41) is 3.12. The van der Waals surface area contributed by atoms with Crippen LogP contribution < -0.4 is 10.1 Å². The molecule has 1 aromatic rings. The Morgan fingerprint density at radius 1 is 1.21 bits per heavy atom. The zero-order chi connectivity index (χ0) is 14.3. The summed E-state index contributed by atoms with van der Waals surface area (Å²) in [7, 11) is -0.0290. The minimum absolute atomic E-state index is 0.108. The number of hydrogen-bond donors (Lipinski definition) is 1. The van der Waals surface area contributed by atoms with E-state index in [1.807, 2.05) is 31.2 Å². The Morgan fingerprint density at radius 3 is 2.37 bits per heavy atom. The smallest absolute Gasteiger partial charge is 0.214 e. The molecular weight excluding hydrogens is 264 g/mol. The van der Waals surface area contributed by atoms with Gasteiger partial charge in [-0.3, -0.25) is 0 Å². The Hall–Kier alpha value is -1.11. The van der Waals surface area contributed by atoms with Crippen LogP contribution in [0.15, 0.2) is 24.3 Å². The zero-order valence-electron chi connectivity index (χ0n) is 11.7. The first-order valence-corrected chi connectivity index (χ1v) is 7.89. The van der Waals surface area contributed by atoms with E-state index in [1.54, 1.807) is 14.1 Å². The number of hydrogen-bond acceptors (Lipinski definition) is 4. The van der Waals surface area contributed by atoms with Gasteiger partial charge in [-0.15, -0.1) is 0 Å². The van der Waals surface area contributed by atoms with Crippen LogP contribution in [0.3, 0.4) is 0 Å². The molecule has 0 spiro atoms. The van der Waals surface area contributed by atoms with Gasteiger partial charge in [0.1, 0.15) is 5.75 Å². The van der Waals surface area contributed by atoms with Crippen LogP contribution in [0.2, 0.25) is 0 Å². The van der Waals surface area contributed by atoms with E-state index in [9.17, 15) is 8.42 Å². The summed E-state index contributed by atoms with van der Waals surface area (Å²) in [6.45, 7) is 3.68. The summed E-state index contributed by atoms with van der Waals surface area (Å²) in [5.74, 6) is 0.957. The molecule has 0 fully saturated rings. The molecule has 1 N–H and O–H groups in total. The average Bonchev–Trinajstić information content (AvgIpc) is 2.37. The molecule has 0 aliphatic rings. The minimum atomic E-state index is -3.12. The predicted molar refractivity (Wildman–Crippen MR) is 76.8 cm³/mol. The number of benzene rings is 1. The lowest BCUT2D eigenvalue weighted by molar-refractivity contribution is 0.340. The number of rotatable bonds is 8. The predicted octanol–water partition coefficient (Wildman–Crippen LogP) is 1.07. The Morgan fingerprint density at radius 2 is 1.84 bits per heavy atom. The fourth-order valence-corrected chi connectivity index (χ4v) is 2.25. The molecule has 0 saturated carbocycles. The molecule has 0 bridgehead atoms. The second-order valence-corrected chi connectivity index (χ2v) is 6.65. The zero-order valence-corrected chi connectivity index (χ0v) is 12.5. The summed E-state index contributed by atoms with van der Waals surface area (Å²) in [4.78, 5) is 0. The Labute approximate surface area is 115 Å². The maximum Gasteiger partial charge on any atom is 0.214 e. The molecule has 0 aromatic heterocycles. The maximum absolute atomic E-state index is 11.5. The van der Waals surface area contributed by atoms with E-state index >= 15 is 0 Å². The van der Waals surface area contributed by atoms with Crippen LogP contribution in [-0.2, 0) is 16.6 Å². The van der Waals surface area contributed by atoms with Gasteiger partial charge in [0.15, 0.2) is 0 Å². The highest BCUT2D eigenvalue weighted by molar-refractivity contribution is 7.89. The molecule has 0 aliphatic heterocycles. The van der Waals surface area contributed by atoms with Crippen LogP contribution in [0, 0.1) is 0 Å². The molecule has 0 heterocycles. The first-order chi connectivity index (χ1) is 8.95. The highest BCUT2D eigenvalue weighted by atomic mass is 32.2. The average molecular weight is 286 g/mol. The number of nitrogens with one attached hydrogen (secondary N) is 1. The largest absolute Gasteiger partial charge is 0.494 e. The lowest BCUT2D eigenvalue weighted by Crippen LogP contribution is -2.30. The van der Waals surface area contributed by atoms with E-state index in [0.717, 1.165) is 11.3 Å². The number of nitrogens with zero attached hydrogens (tertiary/aromatic N) is 1. The molecule has 1 aromatic carbocycles. The summed E-state index contributed by atoms with van der Waals surface area (Å²) < 4.78 is 29.6. The van der Waals surface area contributed by atoms with Gasteiger partial charge in [-0.25, -0.2) is 12.7 Å². The van der Waals surface area contributed by atoms with Crippen LogP contribution in [0.1, 0.15) is 12.5 Å². The summed E-state index contributed by atoms with van der Waals surface area (Å²) in [5.41, 5.74) is 1.10. The number of sulfonamides is 1. The normalized spacial score (nSPS) is 11.8.